The quantitative estimate of drug-likeness (QED) is 0.830. The Bertz CT molecular complexity index is 496. The molecule has 0 amide bonds. The van der Waals surface area contributed by atoms with Gasteiger partial charge in [0.15, 0.2) is 0 Å². The van der Waals surface area contributed by atoms with Crippen LogP contribution in [0.25, 0.3) is 0 Å². The average Bonchev–Trinajstić information content (AvgIpc) is 2.38. The van der Waals surface area contributed by atoms with Crippen LogP contribution < -0.4 is 10.0 Å². The monoisotopic (exact) mass is 271 g/mol. The highest BCUT2D eigenvalue weighted by Crippen LogP contribution is 2.19. The minimum absolute atomic E-state index is 0.231. The summed E-state index contributed by atoms with van der Waals surface area (Å²) in [7, 11) is -1.80. The highest BCUT2D eigenvalue weighted by molar-refractivity contribution is 7.89. The van der Waals surface area contributed by atoms with Gasteiger partial charge >= 0.3 is 0 Å². The molecule has 0 aliphatic carbocycles. The number of anilines is 1. The molecule has 0 aromatic carbocycles. The summed E-state index contributed by atoms with van der Waals surface area (Å²) in [6, 6.07) is 3.02. The van der Waals surface area contributed by atoms with Gasteiger partial charge in [0.25, 0.3) is 0 Å². The first-order valence-electron chi connectivity index (χ1n) is 6.04. The lowest BCUT2D eigenvalue weighted by molar-refractivity contribution is 0.388. The molecule has 0 bridgehead atoms. The second-order valence-electron chi connectivity index (χ2n) is 4.50. The molecule has 1 rings (SSSR count). The van der Waals surface area contributed by atoms with Crippen LogP contribution in [0.5, 0.6) is 0 Å². The summed E-state index contributed by atoms with van der Waals surface area (Å²) in [5, 5.41) is 2.83. The van der Waals surface area contributed by atoms with Crippen molar-refractivity contribution >= 4 is 15.8 Å². The maximum Gasteiger partial charge on any atom is 0.241 e. The zero-order valence-corrected chi connectivity index (χ0v) is 12.1. The van der Waals surface area contributed by atoms with Crippen LogP contribution in [-0.2, 0) is 10.0 Å². The first kappa shape index (κ1) is 14.9. The third-order valence-corrected chi connectivity index (χ3v) is 4.88. The molecule has 0 fully saturated rings. The molecule has 2 N–H and O–H groups in total. The van der Waals surface area contributed by atoms with Crippen LogP contribution in [0.15, 0.2) is 23.2 Å². The van der Waals surface area contributed by atoms with E-state index in [1.807, 2.05) is 20.8 Å². The summed E-state index contributed by atoms with van der Waals surface area (Å²) in [6.45, 7) is 5.85. The van der Waals surface area contributed by atoms with Crippen LogP contribution in [0.1, 0.15) is 33.6 Å². The number of nitrogens with zero attached hydrogens (tertiary/aromatic N) is 1. The predicted molar refractivity (Wildman–Crippen MR) is 73.1 cm³/mol. The van der Waals surface area contributed by atoms with Gasteiger partial charge in [0.1, 0.15) is 5.82 Å². The molecule has 0 radical (unpaired) electrons. The van der Waals surface area contributed by atoms with Crippen LogP contribution in [0.3, 0.4) is 0 Å². The molecule has 0 atom stereocenters. The Hall–Kier alpha value is -1.14. The summed E-state index contributed by atoms with van der Waals surface area (Å²) >= 11 is 0. The fourth-order valence-corrected chi connectivity index (χ4v) is 3.05. The van der Waals surface area contributed by atoms with Crippen LogP contribution >= 0.6 is 0 Å². The zero-order chi connectivity index (χ0) is 13.8. The smallest absolute Gasteiger partial charge is 0.241 e. The molecule has 0 aliphatic heterocycles. The second kappa shape index (κ2) is 5.67. The van der Waals surface area contributed by atoms with Crippen molar-refractivity contribution in [1.29, 1.82) is 0 Å². The number of hydrogen-bond donors (Lipinski definition) is 2. The van der Waals surface area contributed by atoms with Crippen molar-refractivity contribution in [3.63, 3.8) is 0 Å². The zero-order valence-electron chi connectivity index (χ0n) is 11.3. The van der Waals surface area contributed by atoms with Gasteiger partial charge in [-0.3, -0.25) is 0 Å². The summed E-state index contributed by atoms with van der Waals surface area (Å²) in [5.41, 5.74) is -0.415. The molecular formula is C12H21N3O2S. The molecule has 0 aliphatic rings. The predicted octanol–water partition coefficient (Wildman–Crippen LogP) is 1.98. The molecular weight excluding hydrogens is 250 g/mol. The first-order chi connectivity index (χ1) is 8.37. The van der Waals surface area contributed by atoms with Gasteiger partial charge in [0.05, 0.1) is 4.90 Å². The van der Waals surface area contributed by atoms with Crippen LogP contribution in [0.2, 0.25) is 0 Å². The standard InChI is InChI=1S/C12H21N3O2S/c1-5-12(3,6-2)15-18(16,17)10-7-8-14-11(9-10)13-4/h7-9,15H,5-6H2,1-4H3,(H,13,14). The number of nitrogens with one attached hydrogen (secondary N) is 2. The third-order valence-electron chi connectivity index (χ3n) is 3.24. The van der Waals surface area contributed by atoms with E-state index in [1.54, 1.807) is 7.05 Å². The largest absolute Gasteiger partial charge is 0.373 e. The molecule has 1 heterocycles. The Kier molecular flexibility index (Phi) is 4.70. The number of pyridine rings is 1. The van der Waals surface area contributed by atoms with Crippen molar-refractivity contribution < 1.29 is 8.42 Å². The molecule has 0 saturated heterocycles. The lowest BCUT2D eigenvalue weighted by Crippen LogP contribution is -2.44. The molecule has 0 saturated carbocycles. The van der Waals surface area contributed by atoms with Gasteiger partial charge in [-0.05, 0) is 25.8 Å². The molecule has 0 unspecified atom stereocenters. The number of aromatic nitrogens is 1. The van der Waals surface area contributed by atoms with E-state index in [2.05, 4.69) is 15.0 Å². The summed E-state index contributed by atoms with van der Waals surface area (Å²) in [6.07, 6.45) is 2.97. The normalized spacial score (nSPS) is 12.4. The van der Waals surface area contributed by atoms with Crippen LogP contribution in [0.4, 0.5) is 5.82 Å². The van der Waals surface area contributed by atoms with Gasteiger partial charge in [0, 0.05) is 24.8 Å². The molecule has 1 aromatic rings. The van der Waals surface area contributed by atoms with Crippen molar-refractivity contribution in [3.05, 3.63) is 18.3 Å². The Morgan fingerprint density at radius 2 is 1.94 bits per heavy atom. The number of hydrogen-bond acceptors (Lipinski definition) is 4. The summed E-state index contributed by atoms with van der Waals surface area (Å²) in [4.78, 5) is 4.24. The van der Waals surface area contributed by atoms with E-state index in [-0.39, 0.29) is 4.90 Å². The Balaban J connectivity index is 3.06. The van der Waals surface area contributed by atoms with E-state index < -0.39 is 15.6 Å². The fraction of sp³-hybridized carbons (Fsp3) is 0.583. The SMILES string of the molecule is CCC(C)(CC)NS(=O)(=O)c1ccnc(NC)c1. The van der Waals surface area contributed by atoms with Gasteiger partial charge < -0.3 is 5.32 Å². The van der Waals surface area contributed by atoms with E-state index in [4.69, 9.17) is 0 Å². The van der Waals surface area contributed by atoms with E-state index >= 15 is 0 Å². The van der Waals surface area contributed by atoms with Crippen molar-refractivity contribution in [2.24, 2.45) is 0 Å². The van der Waals surface area contributed by atoms with Gasteiger partial charge in [0.2, 0.25) is 10.0 Å². The van der Waals surface area contributed by atoms with Crippen molar-refractivity contribution in [2.75, 3.05) is 12.4 Å². The molecule has 1 aromatic heterocycles. The minimum Gasteiger partial charge on any atom is -0.373 e. The Labute approximate surface area is 109 Å². The van der Waals surface area contributed by atoms with Crippen molar-refractivity contribution in [2.45, 2.75) is 44.0 Å². The van der Waals surface area contributed by atoms with Gasteiger partial charge in [-0.15, -0.1) is 0 Å². The highest BCUT2D eigenvalue weighted by atomic mass is 32.2. The van der Waals surface area contributed by atoms with E-state index in [0.29, 0.717) is 5.82 Å². The van der Waals surface area contributed by atoms with Crippen molar-refractivity contribution in [3.8, 4) is 0 Å². The van der Waals surface area contributed by atoms with E-state index in [9.17, 15) is 8.42 Å². The lowest BCUT2D eigenvalue weighted by atomic mass is 9.98. The minimum atomic E-state index is -3.50. The van der Waals surface area contributed by atoms with Gasteiger partial charge in [-0.2, -0.15) is 0 Å². The lowest BCUT2D eigenvalue weighted by Gasteiger charge is -2.27. The summed E-state index contributed by atoms with van der Waals surface area (Å²) < 4.78 is 27.3. The van der Waals surface area contributed by atoms with Crippen LogP contribution in [0, 0.1) is 0 Å². The summed E-state index contributed by atoms with van der Waals surface area (Å²) in [5.74, 6) is 0.535. The van der Waals surface area contributed by atoms with Gasteiger partial charge in [-0.25, -0.2) is 18.1 Å². The second-order valence-corrected chi connectivity index (χ2v) is 6.18. The molecule has 5 nitrogen and oxygen atoms in total. The number of rotatable bonds is 6. The number of sulfonamides is 1. The molecule has 6 heteroatoms. The third kappa shape index (κ3) is 3.43. The van der Waals surface area contributed by atoms with Gasteiger partial charge in [-0.1, -0.05) is 13.8 Å². The fourth-order valence-electron chi connectivity index (χ4n) is 1.49. The topological polar surface area (TPSA) is 71.1 Å². The van der Waals surface area contributed by atoms with E-state index in [1.165, 1.54) is 18.3 Å². The first-order valence-corrected chi connectivity index (χ1v) is 7.53. The van der Waals surface area contributed by atoms with Crippen molar-refractivity contribution in [1.82, 2.24) is 9.71 Å². The molecule has 18 heavy (non-hydrogen) atoms. The highest BCUT2D eigenvalue weighted by Gasteiger charge is 2.27. The molecule has 102 valence electrons. The maximum absolute atomic E-state index is 12.3. The van der Waals surface area contributed by atoms with Crippen LogP contribution in [-0.4, -0.2) is 26.0 Å². The molecule has 0 spiro atoms. The maximum atomic E-state index is 12.3. The Morgan fingerprint density at radius 3 is 2.44 bits per heavy atom. The Morgan fingerprint density at radius 1 is 1.33 bits per heavy atom. The average molecular weight is 271 g/mol. The van der Waals surface area contributed by atoms with E-state index in [0.717, 1.165) is 12.8 Å².